The lowest BCUT2D eigenvalue weighted by Gasteiger charge is -2.33. The number of methoxy groups -OCH3 is 1. The third-order valence-electron chi connectivity index (χ3n) is 6.07. The summed E-state index contributed by atoms with van der Waals surface area (Å²) in [5.41, 5.74) is 1.76. The Morgan fingerprint density at radius 2 is 1.81 bits per heavy atom. The number of ether oxygens (including phenoxy) is 1. The van der Waals surface area contributed by atoms with Gasteiger partial charge in [0.25, 0.3) is 0 Å². The van der Waals surface area contributed by atoms with E-state index < -0.39 is 6.04 Å². The van der Waals surface area contributed by atoms with E-state index in [-0.39, 0.29) is 24.3 Å². The minimum absolute atomic E-state index is 0.0678. The van der Waals surface area contributed by atoms with Gasteiger partial charge in [0.2, 0.25) is 11.8 Å². The Balaban J connectivity index is 1.82. The van der Waals surface area contributed by atoms with Crippen LogP contribution in [-0.2, 0) is 22.6 Å². The lowest BCUT2D eigenvalue weighted by molar-refractivity contribution is -0.141. The molecule has 0 bridgehead atoms. The predicted octanol–water partition coefficient (Wildman–Crippen LogP) is 5.15. The maximum atomic E-state index is 13.5. The second kappa shape index (κ2) is 11.9. The lowest BCUT2D eigenvalue weighted by Crippen LogP contribution is -2.51. The fourth-order valence-electron chi connectivity index (χ4n) is 4.35. The first kappa shape index (κ1) is 24.1. The van der Waals surface area contributed by atoms with Crippen molar-refractivity contribution in [3.05, 3.63) is 64.7 Å². The first-order valence-corrected chi connectivity index (χ1v) is 11.8. The van der Waals surface area contributed by atoms with Crippen LogP contribution in [0.15, 0.2) is 48.5 Å². The summed E-state index contributed by atoms with van der Waals surface area (Å²) in [6.45, 7) is 2.30. The van der Waals surface area contributed by atoms with Crippen LogP contribution in [0.1, 0.15) is 56.6 Å². The minimum Gasteiger partial charge on any atom is -0.497 e. The molecule has 3 rings (SSSR count). The molecule has 0 radical (unpaired) electrons. The average Bonchev–Trinajstić information content (AvgIpc) is 2.79. The van der Waals surface area contributed by atoms with Crippen LogP contribution in [0.3, 0.4) is 0 Å². The van der Waals surface area contributed by atoms with Crippen molar-refractivity contribution < 1.29 is 14.3 Å². The highest BCUT2D eigenvalue weighted by Crippen LogP contribution is 2.21. The number of amides is 2. The highest BCUT2D eigenvalue weighted by atomic mass is 35.5. The number of carbonyl (C=O) groups excluding carboxylic acids is 2. The highest BCUT2D eigenvalue weighted by Gasteiger charge is 2.30. The van der Waals surface area contributed by atoms with Crippen LogP contribution in [0.5, 0.6) is 5.75 Å². The van der Waals surface area contributed by atoms with Crippen LogP contribution in [0, 0.1) is 0 Å². The van der Waals surface area contributed by atoms with Crippen molar-refractivity contribution in [2.45, 2.75) is 70.5 Å². The van der Waals surface area contributed by atoms with Gasteiger partial charge in [-0.25, -0.2) is 0 Å². The Hall–Kier alpha value is -2.53. The molecule has 0 saturated heterocycles. The molecule has 2 amide bonds. The van der Waals surface area contributed by atoms with E-state index in [9.17, 15) is 9.59 Å². The van der Waals surface area contributed by atoms with Crippen LogP contribution in [0.2, 0.25) is 5.02 Å². The van der Waals surface area contributed by atoms with E-state index in [1.165, 1.54) is 6.42 Å². The number of benzene rings is 2. The topological polar surface area (TPSA) is 58.6 Å². The molecule has 2 aromatic rings. The molecule has 1 aliphatic carbocycles. The molecule has 1 aliphatic rings. The smallest absolute Gasteiger partial charge is 0.243 e. The van der Waals surface area contributed by atoms with Crippen LogP contribution in [0.4, 0.5) is 0 Å². The summed E-state index contributed by atoms with van der Waals surface area (Å²) in [4.78, 5) is 28.4. The average molecular weight is 457 g/mol. The quantitative estimate of drug-likeness (QED) is 0.567. The Labute approximate surface area is 196 Å². The molecule has 6 heteroatoms. The summed E-state index contributed by atoms with van der Waals surface area (Å²) in [7, 11) is 1.62. The van der Waals surface area contributed by atoms with Crippen LogP contribution in [0.25, 0.3) is 0 Å². The lowest BCUT2D eigenvalue weighted by atomic mass is 9.95. The SMILES string of the molecule is CC[C@@H](C(=O)NC1CCCCC1)N(Cc1cccc(OC)c1)C(=O)Cc1cccc(Cl)c1. The molecule has 5 nitrogen and oxygen atoms in total. The molecule has 32 heavy (non-hydrogen) atoms. The predicted molar refractivity (Wildman–Crippen MR) is 128 cm³/mol. The second-order valence-corrected chi connectivity index (χ2v) is 8.88. The van der Waals surface area contributed by atoms with Gasteiger partial charge in [-0.2, -0.15) is 0 Å². The Kier molecular flexibility index (Phi) is 8.98. The molecular formula is C26H33ClN2O3. The molecule has 0 aliphatic heterocycles. The number of halogens is 1. The Bertz CT molecular complexity index is 911. The molecular weight excluding hydrogens is 424 g/mol. The van der Waals surface area contributed by atoms with Crippen molar-refractivity contribution in [1.82, 2.24) is 10.2 Å². The fourth-order valence-corrected chi connectivity index (χ4v) is 4.57. The Morgan fingerprint density at radius 1 is 1.09 bits per heavy atom. The van der Waals surface area contributed by atoms with Gasteiger partial charge in [0, 0.05) is 17.6 Å². The summed E-state index contributed by atoms with van der Waals surface area (Å²) in [5.74, 6) is 0.562. The molecule has 0 aromatic heterocycles. The van der Waals surface area contributed by atoms with E-state index in [1.807, 2.05) is 43.3 Å². The van der Waals surface area contributed by atoms with Gasteiger partial charge in [-0.3, -0.25) is 9.59 Å². The number of hydrogen-bond acceptors (Lipinski definition) is 3. The largest absolute Gasteiger partial charge is 0.497 e. The molecule has 1 fully saturated rings. The van der Waals surface area contributed by atoms with Gasteiger partial charge in [0.1, 0.15) is 11.8 Å². The summed E-state index contributed by atoms with van der Waals surface area (Å²) in [6, 6.07) is 14.6. The third kappa shape index (κ3) is 6.73. The Morgan fingerprint density at radius 3 is 2.50 bits per heavy atom. The van der Waals surface area contributed by atoms with Crippen molar-refractivity contribution in [3.8, 4) is 5.75 Å². The first-order valence-electron chi connectivity index (χ1n) is 11.5. The minimum atomic E-state index is -0.533. The van der Waals surface area contributed by atoms with E-state index in [0.29, 0.717) is 18.0 Å². The molecule has 1 N–H and O–H groups in total. The van der Waals surface area contributed by atoms with Crippen molar-refractivity contribution in [2.75, 3.05) is 7.11 Å². The van der Waals surface area contributed by atoms with E-state index in [4.69, 9.17) is 16.3 Å². The zero-order chi connectivity index (χ0) is 22.9. The third-order valence-corrected chi connectivity index (χ3v) is 6.30. The number of rotatable bonds is 9. The molecule has 2 aromatic carbocycles. The van der Waals surface area contributed by atoms with Crippen molar-refractivity contribution >= 4 is 23.4 Å². The summed E-state index contributed by atoms with van der Waals surface area (Å²) in [5, 5.41) is 3.80. The van der Waals surface area contributed by atoms with Gasteiger partial charge in [-0.05, 0) is 54.7 Å². The molecule has 1 atom stereocenters. The van der Waals surface area contributed by atoms with Crippen LogP contribution >= 0.6 is 11.6 Å². The molecule has 0 heterocycles. The number of nitrogens with zero attached hydrogens (tertiary/aromatic N) is 1. The van der Waals surface area contributed by atoms with Crippen molar-refractivity contribution in [1.29, 1.82) is 0 Å². The maximum Gasteiger partial charge on any atom is 0.243 e. The summed E-state index contributed by atoms with van der Waals surface area (Å²) < 4.78 is 5.34. The van der Waals surface area contributed by atoms with E-state index in [0.717, 1.165) is 42.6 Å². The summed E-state index contributed by atoms with van der Waals surface area (Å²) in [6.07, 6.45) is 6.26. The van der Waals surface area contributed by atoms with Crippen molar-refractivity contribution in [3.63, 3.8) is 0 Å². The van der Waals surface area contributed by atoms with Crippen LogP contribution in [-0.4, -0.2) is 35.9 Å². The van der Waals surface area contributed by atoms with Crippen molar-refractivity contribution in [2.24, 2.45) is 0 Å². The normalized spacial score (nSPS) is 15.1. The first-order chi connectivity index (χ1) is 15.5. The summed E-state index contributed by atoms with van der Waals surface area (Å²) >= 11 is 6.12. The zero-order valence-corrected chi connectivity index (χ0v) is 19.7. The van der Waals surface area contributed by atoms with E-state index >= 15 is 0 Å². The van der Waals surface area contributed by atoms with Gasteiger partial charge in [0.05, 0.1) is 13.5 Å². The van der Waals surface area contributed by atoms with Crippen LogP contribution < -0.4 is 10.1 Å². The van der Waals surface area contributed by atoms with Gasteiger partial charge < -0.3 is 15.0 Å². The van der Waals surface area contributed by atoms with Gasteiger partial charge in [-0.15, -0.1) is 0 Å². The molecule has 0 spiro atoms. The van der Waals surface area contributed by atoms with Gasteiger partial charge in [0.15, 0.2) is 0 Å². The standard InChI is InChI=1S/C26H33ClN2O3/c1-3-24(26(31)28-22-12-5-4-6-13-22)29(18-20-10-8-14-23(16-20)32-2)25(30)17-19-9-7-11-21(27)15-19/h7-11,14-16,22,24H,3-6,12-13,17-18H2,1-2H3,(H,28,31)/t24-/m0/s1. The number of nitrogens with one attached hydrogen (secondary N) is 1. The number of hydrogen-bond donors (Lipinski definition) is 1. The highest BCUT2D eigenvalue weighted by molar-refractivity contribution is 6.30. The second-order valence-electron chi connectivity index (χ2n) is 8.45. The van der Waals surface area contributed by atoms with E-state index in [1.54, 1.807) is 24.1 Å². The zero-order valence-electron chi connectivity index (χ0n) is 19.0. The number of carbonyl (C=O) groups is 2. The van der Waals surface area contributed by atoms with Gasteiger partial charge >= 0.3 is 0 Å². The van der Waals surface area contributed by atoms with E-state index in [2.05, 4.69) is 5.32 Å². The van der Waals surface area contributed by atoms with Gasteiger partial charge in [-0.1, -0.05) is 62.1 Å². The molecule has 172 valence electrons. The monoisotopic (exact) mass is 456 g/mol. The fraction of sp³-hybridized carbons (Fsp3) is 0.462. The molecule has 0 unspecified atom stereocenters. The maximum absolute atomic E-state index is 13.5. The molecule has 1 saturated carbocycles.